The van der Waals surface area contributed by atoms with E-state index in [4.69, 9.17) is 5.11 Å². The quantitative estimate of drug-likeness (QED) is 0.711. The smallest absolute Gasteiger partial charge is 0.326 e. The largest absolute Gasteiger partial charge is 0.480 e. The van der Waals surface area contributed by atoms with Gasteiger partial charge in [-0.05, 0) is 12.7 Å². The summed E-state index contributed by atoms with van der Waals surface area (Å²) in [5.74, 6) is -0.136. The van der Waals surface area contributed by atoms with Crippen LogP contribution in [-0.2, 0) is 4.79 Å². The van der Waals surface area contributed by atoms with Crippen LogP contribution in [0, 0.1) is 0 Å². The average molecular weight is 248 g/mol. The van der Waals surface area contributed by atoms with Crippen LogP contribution < -0.4 is 5.32 Å². The number of nitrogens with one attached hydrogen (secondary N) is 1. The van der Waals surface area contributed by atoms with Crippen LogP contribution in [0.25, 0.3) is 0 Å². The standard InChI is InChI=1S/C10H20N2O3S/c1-4-5-8(9(13)14)11-10(15)12(2)6-7-16-3/h8H,4-7H2,1-3H3,(H,11,15)(H,13,14). The minimum atomic E-state index is -0.978. The zero-order valence-corrected chi connectivity index (χ0v) is 10.8. The second-order valence-corrected chi connectivity index (χ2v) is 4.53. The summed E-state index contributed by atoms with van der Waals surface area (Å²) < 4.78 is 0. The second kappa shape index (κ2) is 8.27. The van der Waals surface area contributed by atoms with Crippen molar-refractivity contribution in [2.45, 2.75) is 25.8 Å². The molecule has 0 bridgehead atoms. The third-order valence-electron chi connectivity index (χ3n) is 2.15. The van der Waals surface area contributed by atoms with Crippen LogP contribution in [0.15, 0.2) is 0 Å². The van der Waals surface area contributed by atoms with Gasteiger partial charge in [0, 0.05) is 19.3 Å². The Morgan fingerprint density at radius 2 is 2.12 bits per heavy atom. The molecule has 1 unspecified atom stereocenters. The van der Waals surface area contributed by atoms with Gasteiger partial charge in [-0.2, -0.15) is 11.8 Å². The van der Waals surface area contributed by atoms with Crippen LogP contribution >= 0.6 is 11.8 Å². The SMILES string of the molecule is CCCC(NC(=O)N(C)CCSC)C(=O)O. The van der Waals surface area contributed by atoms with Crippen LogP contribution in [0.5, 0.6) is 0 Å². The second-order valence-electron chi connectivity index (χ2n) is 3.54. The van der Waals surface area contributed by atoms with Crippen LogP contribution in [0.3, 0.4) is 0 Å². The van der Waals surface area contributed by atoms with E-state index in [1.54, 1.807) is 18.8 Å². The number of aliphatic carboxylic acids is 1. The van der Waals surface area contributed by atoms with Crippen LogP contribution in [-0.4, -0.2) is 53.6 Å². The number of carbonyl (C=O) groups is 2. The highest BCUT2D eigenvalue weighted by molar-refractivity contribution is 7.98. The first-order chi connectivity index (χ1) is 7.52. The van der Waals surface area contributed by atoms with Crippen molar-refractivity contribution in [2.24, 2.45) is 0 Å². The molecule has 0 aliphatic carbocycles. The Morgan fingerprint density at radius 1 is 1.50 bits per heavy atom. The summed E-state index contributed by atoms with van der Waals surface area (Å²) in [6.07, 6.45) is 3.14. The lowest BCUT2D eigenvalue weighted by Crippen LogP contribution is -2.47. The molecular weight excluding hydrogens is 228 g/mol. The topological polar surface area (TPSA) is 69.6 Å². The summed E-state index contributed by atoms with van der Waals surface area (Å²) in [5, 5.41) is 11.4. The number of thioether (sulfide) groups is 1. The Bertz CT molecular complexity index is 236. The van der Waals surface area contributed by atoms with Crippen molar-refractivity contribution in [1.82, 2.24) is 10.2 Å². The summed E-state index contributed by atoms with van der Waals surface area (Å²) >= 11 is 1.64. The van der Waals surface area contributed by atoms with Crippen molar-refractivity contribution in [1.29, 1.82) is 0 Å². The number of urea groups is 1. The zero-order chi connectivity index (χ0) is 12.6. The van der Waals surface area contributed by atoms with E-state index >= 15 is 0 Å². The van der Waals surface area contributed by atoms with Gasteiger partial charge >= 0.3 is 12.0 Å². The number of carbonyl (C=O) groups excluding carboxylic acids is 1. The first-order valence-electron chi connectivity index (χ1n) is 5.26. The Kier molecular flexibility index (Phi) is 7.80. The van der Waals surface area contributed by atoms with Gasteiger partial charge in [0.2, 0.25) is 0 Å². The van der Waals surface area contributed by atoms with Gasteiger partial charge in [0.25, 0.3) is 0 Å². The van der Waals surface area contributed by atoms with Gasteiger partial charge in [0.05, 0.1) is 0 Å². The van der Waals surface area contributed by atoms with Crippen LogP contribution in [0.2, 0.25) is 0 Å². The summed E-state index contributed by atoms with van der Waals surface area (Å²) in [6.45, 7) is 2.50. The van der Waals surface area contributed by atoms with Gasteiger partial charge in [-0.25, -0.2) is 9.59 Å². The van der Waals surface area contributed by atoms with Gasteiger partial charge in [0.15, 0.2) is 0 Å². The fourth-order valence-corrected chi connectivity index (χ4v) is 1.59. The van der Waals surface area contributed by atoms with Crippen molar-refractivity contribution in [2.75, 3.05) is 25.6 Å². The molecule has 5 nitrogen and oxygen atoms in total. The normalized spacial score (nSPS) is 11.9. The lowest BCUT2D eigenvalue weighted by atomic mass is 10.2. The molecule has 1 atom stereocenters. The Balaban J connectivity index is 4.12. The molecule has 6 heteroatoms. The van der Waals surface area contributed by atoms with Crippen LogP contribution in [0.1, 0.15) is 19.8 Å². The number of nitrogens with zero attached hydrogens (tertiary/aromatic N) is 1. The summed E-state index contributed by atoms with van der Waals surface area (Å²) in [7, 11) is 1.66. The first kappa shape index (κ1) is 15.1. The van der Waals surface area contributed by atoms with Gasteiger partial charge in [-0.15, -0.1) is 0 Å². The van der Waals surface area contributed by atoms with Gasteiger partial charge in [-0.3, -0.25) is 0 Å². The molecule has 94 valence electrons. The van der Waals surface area contributed by atoms with Gasteiger partial charge < -0.3 is 15.3 Å². The fraction of sp³-hybridized carbons (Fsp3) is 0.800. The maximum absolute atomic E-state index is 11.6. The minimum Gasteiger partial charge on any atom is -0.480 e. The number of rotatable bonds is 7. The average Bonchev–Trinajstić information content (AvgIpc) is 2.24. The third kappa shape index (κ3) is 5.85. The van der Waals surface area contributed by atoms with E-state index in [9.17, 15) is 9.59 Å². The van der Waals surface area contributed by atoms with Crippen LogP contribution in [0.4, 0.5) is 4.79 Å². The highest BCUT2D eigenvalue weighted by atomic mass is 32.2. The molecule has 0 aromatic carbocycles. The fourth-order valence-electron chi connectivity index (χ4n) is 1.14. The number of carboxylic acid groups (broad SMARTS) is 1. The lowest BCUT2D eigenvalue weighted by Gasteiger charge is -2.20. The molecule has 0 rings (SSSR count). The Hall–Kier alpha value is -0.910. The molecule has 2 N–H and O–H groups in total. The summed E-state index contributed by atoms with van der Waals surface area (Å²) in [6, 6.07) is -1.11. The molecular formula is C10H20N2O3S. The van der Waals surface area contributed by atoms with E-state index in [0.717, 1.165) is 12.2 Å². The van der Waals surface area contributed by atoms with E-state index < -0.39 is 12.0 Å². The van der Waals surface area contributed by atoms with Crippen molar-refractivity contribution in [3.63, 3.8) is 0 Å². The molecule has 0 fully saturated rings. The molecule has 0 saturated heterocycles. The summed E-state index contributed by atoms with van der Waals surface area (Å²) in [4.78, 5) is 23.9. The maximum Gasteiger partial charge on any atom is 0.326 e. The van der Waals surface area contributed by atoms with Crippen molar-refractivity contribution >= 4 is 23.8 Å². The van der Waals surface area contributed by atoms with E-state index in [1.807, 2.05) is 13.2 Å². The van der Waals surface area contributed by atoms with E-state index in [0.29, 0.717) is 13.0 Å². The molecule has 0 aromatic heterocycles. The molecule has 0 radical (unpaired) electrons. The molecule has 2 amide bonds. The van der Waals surface area contributed by atoms with E-state index in [-0.39, 0.29) is 6.03 Å². The van der Waals surface area contributed by atoms with E-state index in [1.165, 1.54) is 4.90 Å². The molecule has 0 saturated carbocycles. The van der Waals surface area contributed by atoms with Crippen molar-refractivity contribution in [3.05, 3.63) is 0 Å². The number of carboxylic acids is 1. The van der Waals surface area contributed by atoms with Gasteiger partial charge in [-0.1, -0.05) is 13.3 Å². The Labute approximate surface area is 101 Å². The lowest BCUT2D eigenvalue weighted by molar-refractivity contribution is -0.139. The Morgan fingerprint density at radius 3 is 2.56 bits per heavy atom. The van der Waals surface area contributed by atoms with Gasteiger partial charge in [0.1, 0.15) is 6.04 Å². The minimum absolute atomic E-state index is 0.324. The zero-order valence-electron chi connectivity index (χ0n) is 10.0. The molecule has 0 aromatic rings. The molecule has 0 heterocycles. The van der Waals surface area contributed by atoms with Crippen molar-refractivity contribution < 1.29 is 14.7 Å². The maximum atomic E-state index is 11.6. The number of hydrogen-bond acceptors (Lipinski definition) is 3. The highest BCUT2D eigenvalue weighted by Gasteiger charge is 2.20. The number of hydrogen-bond donors (Lipinski definition) is 2. The first-order valence-corrected chi connectivity index (χ1v) is 6.65. The number of amides is 2. The third-order valence-corrected chi connectivity index (χ3v) is 2.74. The monoisotopic (exact) mass is 248 g/mol. The molecule has 0 spiro atoms. The molecule has 0 aliphatic rings. The highest BCUT2D eigenvalue weighted by Crippen LogP contribution is 1.99. The predicted molar refractivity (Wildman–Crippen MR) is 65.9 cm³/mol. The predicted octanol–water partition coefficient (Wildman–Crippen LogP) is 1.24. The summed E-state index contributed by atoms with van der Waals surface area (Å²) in [5.41, 5.74) is 0. The van der Waals surface area contributed by atoms with Crippen molar-refractivity contribution in [3.8, 4) is 0 Å². The molecule has 16 heavy (non-hydrogen) atoms. The van der Waals surface area contributed by atoms with E-state index in [2.05, 4.69) is 5.32 Å². The molecule has 0 aliphatic heterocycles.